The van der Waals surface area contributed by atoms with E-state index in [4.69, 9.17) is 9.47 Å². The Morgan fingerprint density at radius 1 is 1.38 bits per heavy atom. The first-order chi connectivity index (χ1) is 10.1. The van der Waals surface area contributed by atoms with Crippen molar-refractivity contribution in [3.05, 3.63) is 24.3 Å². The van der Waals surface area contributed by atoms with Crippen molar-refractivity contribution < 1.29 is 19.4 Å². The molecule has 2 N–H and O–H groups in total. The van der Waals surface area contributed by atoms with Gasteiger partial charge in [-0.25, -0.2) is 0 Å². The Morgan fingerprint density at radius 2 is 2.10 bits per heavy atom. The van der Waals surface area contributed by atoms with Crippen molar-refractivity contribution in [2.75, 3.05) is 13.2 Å². The van der Waals surface area contributed by atoms with Gasteiger partial charge < -0.3 is 19.6 Å². The molecule has 2 aromatic rings. The van der Waals surface area contributed by atoms with Crippen LogP contribution in [0.4, 0.5) is 5.69 Å². The molecular formula is C14H15N3O4. The number of hydrogen-bond acceptors (Lipinski definition) is 5. The quantitative estimate of drug-likeness (QED) is 0.849. The van der Waals surface area contributed by atoms with Crippen LogP contribution in [0, 0.1) is 0 Å². The van der Waals surface area contributed by atoms with Crippen LogP contribution in [0.2, 0.25) is 0 Å². The fourth-order valence-electron chi connectivity index (χ4n) is 2.29. The van der Waals surface area contributed by atoms with E-state index in [1.165, 1.54) is 0 Å². The van der Waals surface area contributed by atoms with Crippen molar-refractivity contribution in [3.63, 3.8) is 0 Å². The Labute approximate surface area is 120 Å². The van der Waals surface area contributed by atoms with Gasteiger partial charge in [-0.15, -0.1) is 10.2 Å². The smallest absolute Gasteiger partial charge is 0.270 e. The molecule has 1 amide bonds. The van der Waals surface area contributed by atoms with E-state index in [2.05, 4.69) is 15.2 Å². The first-order valence-corrected chi connectivity index (χ1v) is 6.60. The molecular weight excluding hydrogens is 274 g/mol. The zero-order valence-electron chi connectivity index (χ0n) is 11.5. The number of carbonyl (C=O) groups is 1. The minimum atomic E-state index is -0.932. The third-order valence-electron chi connectivity index (χ3n) is 3.29. The van der Waals surface area contributed by atoms with Gasteiger partial charge in [-0.3, -0.25) is 4.79 Å². The molecule has 0 radical (unpaired) electrons. The maximum Gasteiger partial charge on any atom is 0.270 e. The predicted molar refractivity (Wildman–Crippen MR) is 74.4 cm³/mol. The minimum Gasteiger partial charge on any atom is -0.493 e. The predicted octanol–water partition coefficient (Wildman–Crippen LogP) is 2.64. The lowest BCUT2D eigenvalue weighted by atomic mass is 10.2. The van der Waals surface area contributed by atoms with E-state index in [1.54, 1.807) is 19.1 Å². The van der Waals surface area contributed by atoms with E-state index in [0.717, 1.165) is 5.52 Å². The number of hydrogen-bond donors (Lipinski definition) is 2. The van der Waals surface area contributed by atoms with Crippen molar-refractivity contribution in [1.29, 1.82) is 0 Å². The van der Waals surface area contributed by atoms with Gasteiger partial charge in [0.15, 0.2) is 11.5 Å². The van der Waals surface area contributed by atoms with Gasteiger partial charge in [-0.05, 0) is 13.0 Å². The number of amides is 1. The second kappa shape index (κ2) is 5.27. The van der Waals surface area contributed by atoms with E-state index in [1.807, 2.05) is 12.1 Å². The first kappa shape index (κ1) is 13.7. The summed E-state index contributed by atoms with van der Waals surface area (Å²) < 4.78 is 10.7. The second-order valence-corrected chi connectivity index (χ2v) is 4.97. The fourth-order valence-corrected chi connectivity index (χ4v) is 2.29. The van der Waals surface area contributed by atoms with Crippen molar-refractivity contribution >= 4 is 22.5 Å². The number of aromatic amines is 1. The van der Waals surface area contributed by atoms with E-state index < -0.39 is 11.7 Å². The lowest BCUT2D eigenvalue weighted by molar-refractivity contribution is -0.157. The maximum absolute atomic E-state index is 11.8. The number of H-pyrrole nitrogens is 1. The van der Waals surface area contributed by atoms with E-state index in [-0.39, 0.29) is 18.0 Å². The zero-order valence-corrected chi connectivity index (χ0v) is 11.5. The van der Waals surface area contributed by atoms with Gasteiger partial charge in [0.25, 0.3) is 5.91 Å². The van der Waals surface area contributed by atoms with E-state index >= 15 is 0 Å². The molecule has 0 unspecified atom stereocenters. The highest BCUT2D eigenvalue weighted by Crippen LogP contribution is 2.35. The standard InChI is InChI=1S/C14H15N3O4/c1-14(20-6-7-21-14)8-11(18)16-17-12-9-4-2-3-5-10(9)15-13(12)19/h2-5,15,19H,6-8H2,1H3. The highest BCUT2D eigenvalue weighted by molar-refractivity contribution is 5.94. The molecule has 0 spiro atoms. The molecule has 0 aliphatic carbocycles. The molecule has 7 nitrogen and oxygen atoms in total. The largest absolute Gasteiger partial charge is 0.493 e. The Balaban J connectivity index is 1.78. The Bertz CT molecular complexity index is 701. The van der Waals surface area contributed by atoms with Gasteiger partial charge in [-0.1, -0.05) is 18.2 Å². The number of ether oxygens (including phenoxy) is 2. The fraction of sp³-hybridized carbons (Fsp3) is 0.357. The van der Waals surface area contributed by atoms with Crippen molar-refractivity contribution in [3.8, 4) is 5.88 Å². The number of nitrogens with one attached hydrogen (secondary N) is 1. The Morgan fingerprint density at radius 3 is 2.86 bits per heavy atom. The van der Waals surface area contributed by atoms with Crippen LogP contribution >= 0.6 is 0 Å². The summed E-state index contributed by atoms with van der Waals surface area (Å²) in [7, 11) is 0. The molecule has 0 bridgehead atoms. The number of benzene rings is 1. The summed E-state index contributed by atoms with van der Waals surface area (Å²) in [6.07, 6.45) is -0.0143. The van der Waals surface area contributed by atoms with Crippen molar-refractivity contribution in [2.45, 2.75) is 19.1 Å². The first-order valence-electron chi connectivity index (χ1n) is 6.60. The number of carbonyl (C=O) groups excluding carboxylic acids is 1. The number of azo groups is 1. The molecule has 2 heterocycles. The molecule has 21 heavy (non-hydrogen) atoms. The molecule has 0 atom stereocenters. The van der Waals surface area contributed by atoms with Gasteiger partial charge in [-0.2, -0.15) is 0 Å². The van der Waals surface area contributed by atoms with Crippen LogP contribution in [0.1, 0.15) is 13.3 Å². The number of nitrogens with zero attached hydrogens (tertiary/aromatic N) is 2. The Hall–Kier alpha value is -2.25. The van der Waals surface area contributed by atoms with Crippen LogP contribution < -0.4 is 0 Å². The maximum atomic E-state index is 11.8. The SMILES string of the molecule is CC1(CC(=O)N=Nc2c(O)[nH]c3ccccc23)OCCO1. The lowest BCUT2D eigenvalue weighted by Gasteiger charge is -2.19. The number of aromatic nitrogens is 1. The molecule has 1 saturated heterocycles. The molecule has 1 aromatic heterocycles. The molecule has 3 rings (SSSR count). The van der Waals surface area contributed by atoms with Crippen LogP contribution in [-0.4, -0.2) is 35.0 Å². The molecule has 0 saturated carbocycles. The summed E-state index contributed by atoms with van der Waals surface area (Å²) in [4.78, 5) is 14.6. The third kappa shape index (κ3) is 2.79. The highest BCUT2D eigenvalue weighted by atomic mass is 16.7. The molecule has 1 aliphatic rings. The van der Waals surface area contributed by atoms with Gasteiger partial charge in [0.1, 0.15) is 0 Å². The number of para-hydroxylation sites is 1. The van der Waals surface area contributed by atoms with Crippen LogP contribution in [-0.2, 0) is 14.3 Å². The summed E-state index contributed by atoms with van der Waals surface area (Å²) in [5, 5.41) is 18.0. The summed E-state index contributed by atoms with van der Waals surface area (Å²) >= 11 is 0. The van der Waals surface area contributed by atoms with Crippen molar-refractivity contribution in [1.82, 2.24) is 4.98 Å². The average Bonchev–Trinajstić information content (AvgIpc) is 3.00. The van der Waals surface area contributed by atoms with Crippen LogP contribution in [0.15, 0.2) is 34.5 Å². The number of rotatable bonds is 3. The summed E-state index contributed by atoms with van der Waals surface area (Å²) in [6, 6.07) is 7.24. The summed E-state index contributed by atoms with van der Waals surface area (Å²) in [5.41, 5.74) is 0.975. The minimum absolute atomic E-state index is 0.0143. The van der Waals surface area contributed by atoms with Gasteiger partial charge >= 0.3 is 0 Å². The van der Waals surface area contributed by atoms with E-state index in [0.29, 0.717) is 18.6 Å². The van der Waals surface area contributed by atoms with Crippen molar-refractivity contribution in [2.24, 2.45) is 10.2 Å². The van der Waals surface area contributed by atoms with Crippen LogP contribution in [0.25, 0.3) is 10.9 Å². The van der Waals surface area contributed by atoms with Crippen LogP contribution in [0.5, 0.6) is 5.88 Å². The molecule has 1 fully saturated rings. The third-order valence-corrected chi connectivity index (χ3v) is 3.29. The molecule has 1 aliphatic heterocycles. The molecule has 1 aromatic carbocycles. The van der Waals surface area contributed by atoms with Gasteiger partial charge in [0.05, 0.1) is 25.2 Å². The topological polar surface area (TPSA) is 96.3 Å². The summed E-state index contributed by atoms with van der Waals surface area (Å²) in [5.74, 6) is -1.52. The van der Waals surface area contributed by atoms with Gasteiger partial charge in [0, 0.05) is 5.39 Å². The zero-order chi connectivity index (χ0) is 14.9. The second-order valence-electron chi connectivity index (χ2n) is 4.97. The monoisotopic (exact) mass is 289 g/mol. The molecule has 110 valence electrons. The normalized spacial score (nSPS) is 17.8. The van der Waals surface area contributed by atoms with Gasteiger partial charge in [0.2, 0.25) is 5.88 Å². The highest BCUT2D eigenvalue weighted by Gasteiger charge is 2.33. The average molecular weight is 289 g/mol. The summed E-state index contributed by atoms with van der Waals surface area (Å²) in [6.45, 7) is 2.62. The van der Waals surface area contributed by atoms with E-state index in [9.17, 15) is 9.90 Å². The van der Waals surface area contributed by atoms with Crippen LogP contribution in [0.3, 0.4) is 0 Å². The Kier molecular flexibility index (Phi) is 3.44. The number of aromatic hydroxyl groups is 1. The number of fused-ring (bicyclic) bond motifs is 1. The lowest BCUT2D eigenvalue weighted by Crippen LogP contribution is -2.28. The molecule has 7 heteroatoms.